The van der Waals surface area contributed by atoms with Gasteiger partial charge in [-0.2, -0.15) is 0 Å². The lowest BCUT2D eigenvalue weighted by Crippen LogP contribution is -2.31. The number of rotatable bonds is 8. The predicted molar refractivity (Wildman–Crippen MR) is 130 cm³/mol. The Balaban J connectivity index is 1.48. The largest absolute Gasteiger partial charge is 0.495 e. The van der Waals surface area contributed by atoms with Crippen molar-refractivity contribution in [2.45, 2.75) is 48.8 Å². The maximum Gasteiger partial charge on any atom is 0.265 e. The van der Waals surface area contributed by atoms with E-state index in [0.29, 0.717) is 23.7 Å². The fourth-order valence-electron chi connectivity index (χ4n) is 5.47. The van der Waals surface area contributed by atoms with E-state index in [9.17, 15) is 13.2 Å². The van der Waals surface area contributed by atoms with Crippen LogP contribution in [-0.2, 0) is 20.2 Å². The highest BCUT2D eigenvalue weighted by Gasteiger charge is 2.49. The fourth-order valence-corrected chi connectivity index (χ4v) is 6.68. The van der Waals surface area contributed by atoms with Gasteiger partial charge in [-0.25, -0.2) is 8.42 Å². The number of hydrogen-bond acceptors (Lipinski definition) is 6. The van der Waals surface area contributed by atoms with Crippen LogP contribution >= 0.6 is 0 Å². The summed E-state index contributed by atoms with van der Waals surface area (Å²) in [7, 11) is -2.47. The number of methoxy groups -OCH3 is 1. The van der Waals surface area contributed by atoms with Crippen molar-refractivity contribution >= 4 is 27.3 Å². The zero-order valence-corrected chi connectivity index (χ0v) is 20.2. The summed E-state index contributed by atoms with van der Waals surface area (Å²) in [6.45, 7) is 3.41. The fraction of sp³-hybridized carbons (Fsp3) is 0.480. The molecule has 0 bridgehead atoms. The second-order valence-electron chi connectivity index (χ2n) is 9.29. The Morgan fingerprint density at radius 1 is 1.06 bits per heavy atom. The van der Waals surface area contributed by atoms with Gasteiger partial charge in [0.25, 0.3) is 10.0 Å². The van der Waals surface area contributed by atoms with Crippen LogP contribution in [0.25, 0.3) is 0 Å². The first-order valence-corrected chi connectivity index (χ1v) is 13.4. The van der Waals surface area contributed by atoms with Crippen molar-refractivity contribution in [3.05, 3.63) is 42.0 Å². The molecule has 1 saturated heterocycles. The van der Waals surface area contributed by atoms with Gasteiger partial charge in [0.15, 0.2) is 0 Å². The number of carbonyl (C=O) groups is 1. The molecule has 3 aliphatic rings. The van der Waals surface area contributed by atoms with Crippen LogP contribution in [-0.4, -0.2) is 52.6 Å². The summed E-state index contributed by atoms with van der Waals surface area (Å²) in [4.78, 5) is 15.5. The summed E-state index contributed by atoms with van der Waals surface area (Å²) in [6, 6.07) is 9.96. The molecule has 2 heterocycles. The van der Waals surface area contributed by atoms with Crippen LogP contribution in [0.3, 0.4) is 0 Å². The van der Waals surface area contributed by atoms with Gasteiger partial charge in [0.2, 0.25) is 5.91 Å². The smallest absolute Gasteiger partial charge is 0.265 e. The first-order valence-electron chi connectivity index (χ1n) is 11.9. The predicted octanol–water partition coefficient (Wildman–Crippen LogP) is 3.73. The Kier molecular flexibility index (Phi) is 6.16. The molecule has 2 aliphatic heterocycles. The first-order chi connectivity index (χ1) is 16.4. The zero-order chi connectivity index (χ0) is 23.8. The monoisotopic (exact) mass is 485 g/mol. The van der Waals surface area contributed by atoms with Crippen molar-refractivity contribution < 1.29 is 22.7 Å². The van der Waals surface area contributed by atoms with E-state index in [4.69, 9.17) is 9.47 Å². The quantitative estimate of drug-likeness (QED) is 0.591. The van der Waals surface area contributed by atoms with Gasteiger partial charge in [-0.1, -0.05) is 25.0 Å². The highest BCUT2D eigenvalue weighted by atomic mass is 32.2. The molecule has 182 valence electrons. The molecule has 5 rings (SSSR count). The summed E-state index contributed by atoms with van der Waals surface area (Å²) < 4.78 is 40.6. The number of hydrogen-bond donors (Lipinski definition) is 2. The number of sulfonamides is 1. The lowest BCUT2D eigenvalue weighted by molar-refractivity contribution is -0.120. The first kappa shape index (κ1) is 23.0. The molecular weight excluding hydrogens is 454 g/mol. The van der Waals surface area contributed by atoms with Gasteiger partial charge >= 0.3 is 0 Å². The molecule has 34 heavy (non-hydrogen) atoms. The van der Waals surface area contributed by atoms with E-state index in [1.807, 2.05) is 0 Å². The van der Waals surface area contributed by atoms with Gasteiger partial charge in [-0.05, 0) is 62.5 Å². The number of carbonyl (C=O) groups excluding carboxylic acids is 1. The average molecular weight is 486 g/mol. The number of nitrogens with zero attached hydrogens (tertiary/aromatic N) is 1. The van der Waals surface area contributed by atoms with Gasteiger partial charge in [-0.15, -0.1) is 0 Å². The molecule has 2 aromatic rings. The Hall–Kier alpha value is -2.78. The van der Waals surface area contributed by atoms with E-state index in [-0.39, 0.29) is 16.6 Å². The molecule has 0 unspecified atom stereocenters. The van der Waals surface area contributed by atoms with Crippen LogP contribution in [0.4, 0.5) is 11.4 Å². The second-order valence-corrected chi connectivity index (χ2v) is 10.9. The molecule has 0 atom stereocenters. The molecule has 8 nitrogen and oxygen atoms in total. The van der Waals surface area contributed by atoms with Crippen molar-refractivity contribution in [1.29, 1.82) is 0 Å². The van der Waals surface area contributed by atoms with E-state index in [1.54, 1.807) is 30.3 Å². The van der Waals surface area contributed by atoms with E-state index in [2.05, 4.69) is 14.9 Å². The number of benzene rings is 2. The lowest BCUT2D eigenvalue weighted by Gasteiger charge is -2.22. The Morgan fingerprint density at radius 2 is 1.79 bits per heavy atom. The second kappa shape index (κ2) is 9.11. The standard InChI is InChI=1S/C25H31N3O5S/c1-32-20-8-2-3-9-22(20)34(30,31)27-18-16-19-23(26-24(29)25(19)10-4-5-11-25)21(17-18)33-15-14-28-12-6-7-13-28/h2-3,8-9,16-17,27H,4-7,10-15H2,1H3,(H,26,29). The molecule has 1 aliphatic carbocycles. The Morgan fingerprint density at radius 3 is 2.53 bits per heavy atom. The number of nitrogens with one attached hydrogen (secondary N) is 2. The average Bonchev–Trinajstić information content (AvgIpc) is 3.57. The van der Waals surface area contributed by atoms with Crippen molar-refractivity contribution in [3.63, 3.8) is 0 Å². The van der Waals surface area contributed by atoms with E-state index in [1.165, 1.54) is 26.0 Å². The number of likely N-dealkylation sites (tertiary alicyclic amines) is 1. The van der Waals surface area contributed by atoms with Gasteiger partial charge in [0.05, 0.1) is 23.9 Å². The highest BCUT2D eigenvalue weighted by molar-refractivity contribution is 7.92. The summed E-state index contributed by atoms with van der Waals surface area (Å²) in [5, 5.41) is 3.04. The summed E-state index contributed by atoms with van der Waals surface area (Å²) >= 11 is 0. The number of ether oxygens (including phenoxy) is 2. The van der Waals surface area contributed by atoms with E-state index >= 15 is 0 Å². The molecule has 1 amide bonds. The molecule has 2 N–H and O–H groups in total. The van der Waals surface area contributed by atoms with Gasteiger partial charge in [-0.3, -0.25) is 14.4 Å². The molecule has 0 radical (unpaired) electrons. The normalized spacial score (nSPS) is 19.3. The van der Waals surface area contributed by atoms with Crippen LogP contribution in [0.1, 0.15) is 44.1 Å². The van der Waals surface area contributed by atoms with Gasteiger partial charge < -0.3 is 14.8 Å². The van der Waals surface area contributed by atoms with Crippen molar-refractivity contribution in [2.24, 2.45) is 0 Å². The third-order valence-corrected chi connectivity index (χ3v) is 8.64. The Labute approximate surface area is 200 Å². The van der Waals surface area contributed by atoms with Crippen LogP contribution in [0.15, 0.2) is 41.3 Å². The molecule has 1 saturated carbocycles. The highest BCUT2D eigenvalue weighted by Crippen LogP contribution is 2.52. The van der Waals surface area contributed by atoms with Crippen LogP contribution in [0.2, 0.25) is 0 Å². The van der Waals surface area contributed by atoms with Crippen LogP contribution in [0, 0.1) is 0 Å². The number of amides is 1. The van der Waals surface area contributed by atoms with Crippen molar-refractivity contribution in [2.75, 3.05) is 43.4 Å². The SMILES string of the molecule is COc1ccccc1S(=O)(=O)Nc1cc(OCCN2CCCC2)c2c(c1)C1(CCCC1)C(=O)N2. The minimum absolute atomic E-state index is 0.0193. The summed E-state index contributed by atoms with van der Waals surface area (Å²) in [5.74, 6) is 0.753. The van der Waals surface area contributed by atoms with Crippen molar-refractivity contribution in [1.82, 2.24) is 4.90 Å². The van der Waals surface area contributed by atoms with E-state index in [0.717, 1.165) is 50.9 Å². The zero-order valence-electron chi connectivity index (χ0n) is 19.4. The number of para-hydroxylation sites is 1. The van der Waals surface area contributed by atoms with Crippen LogP contribution in [0.5, 0.6) is 11.5 Å². The third kappa shape index (κ3) is 4.11. The maximum atomic E-state index is 13.2. The van der Waals surface area contributed by atoms with Crippen molar-refractivity contribution in [3.8, 4) is 11.5 Å². The summed E-state index contributed by atoms with van der Waals surface area (Å²) in [6.07, 6.45) is 5.84. The molecule has 2 aromatic carbocycles. The maximum absolute atomic E-state index is 13.2. The molecule has 9 heteroatoms. The molecular formula is C25H31N3O5S. The number of anilines is 2. The Bertz CT molecular complexity index is 1190. The topological polar surface area (TPSA) is 97.0 Å². The van der Waals surface area contributed by atoms with E-state index < -0.39 is 15.4 Å². The van der Waals surface area contributed by atoms with Crippen LogP contribution < -0.4 is 19.5 Å². The molecule has 0 aromatic heterocycles. The van der Waals surface area contributed by atoms with Gasteiger partial charge in [0.1, 0.15) is 23.0 Å². The molecule has 2 fully saturated rings. The third-order valence-electron chi connectivity index (χ3n) is 7.22. The number of fused-ring (bicyclic) bond motifs is 2. The summed E-state index contributed by atoms with van der Waals surface area (Å²) in [5.41, 5.74) is 1.26. The van der Waals surface area contributed by atoms with Gasteiger partial charge in [0, 0.05) is 12.6 Å². The molecule has 1 spiro atoms. The lowest BCUT2D eigenvalue weighted by atomic mass is 9.80. The minimum atomic E-state index is -3.92. The minimum Gasteiger partial charge on any atom is -0.495 e.